The summed E-state index contributed by atoms with van der Waals surface area (Å²) in [6.45, 7) is -0.0665. The van der Waals surface area contributed by atoms with Crippen LogP contribution in [0, 0.1) is 0 Å². The Hall–Kier alpha value is -1.38. The fourth-order valence-corrected chi connectivity index (χ4v) is 3.50. The summed E-state index contributed by atoms with van der Waals surface area (Å²) in [5.74, 6) is 0. The molecule has 0 amide bonds. The van der Waals surface area contributed by atoms with Crippen LogP contribution < -0.4 is 5.56 Å². The number of fused-ring (bicyclic) bond motifs is 1. The van der Waals surface area contributed by atoms with Crippen molar-refractivity contribution in [2.24, 2.45) is 0 Å². The van der Waals surface area contributed by atoms with E-state index in [2.05, 4.69) is 15.0 Å². The third-order valence-electron chi connectivity index (χ3n) is 3.06. The van der Waals surface area contributed by atoms with Gasteiger partial charge in [0.25, 0.3) is 5.56 Å². The summed E-state index contributed by atoms with van der Waals surface area (Å²) in [4.78, 5) is 22.1. The minimum Gasteiger partial charge on any atom is -0.395 e. The molecule has 0 saturated carbocycles. The molecule has 1 fully saturated rings. The molecule has 18 heavy (non-hydrogen) atoms. The summed E-state index contributed by atoms with van der Waals surface area (Å²) in [5, 5.41) is 18.7. The van der Waals surface area contributed by atoms with Crippen molar-refractivity contribution >= 4 is 22.9 Å². The number of aromatic nitrogens is 4. The molecular weight excluding hydrogens is 256 g/mol. The monoisotopic (exact) mass is 268 g/mol. The number of hydrogen-bond donors (Lipinski definition) is 3. The van der Waals surface area contributed by atoms with Crippen molar-refractivity contribution in [2.75, 3.05) is 6.61 Å². The molecule has 0 radical (unpaired) electrons. The Morgan fingerprint density at radius 1 is 1.56 bits per heavy atom. The molecule has 0 aliphatic carbocycles. The van der Waals surface area contributed by atoms with Gasteiger partial charge in [0.2, 0.25) is 0 Å². The van der Waals surface area contributed by atoms with Crippen molar-refractivity contribution < 1.29 is 10.2 Å². The molecular formula is C10H12N4O3S. The molecule has 0 bridgehead atoms. The minimum atomic E-state index is -0.551. The molecule has 2 aromatic heterocycles. The first kappa shape index (κ1) is 11.7. The standard InChI is InChI=1S/C10H12N4O3S/c15-2-6-5(16)1-7(18-6)14-4-13-8-9(14)11-3-12-10(8)17/h3-7,15-16H,1-2H2,(H,11,12,17)/t5-,6+,7-/m0/s1. The normalized spacial score (nSPS) is 28.0. The highest BCUT2D eigenvalue weighted by Crippen LogP contribution is 2.42. The molecule has 3 N–H and O–H groups in total. The number of nitrogens with zero attached hydrogens (tertiary/aromatic N) is 3. The van der Waals surface area contributed by atoms with E-state index in [1.165, 1.54) is 18.1 Å². The molecule has 1 saturated heterocycles. The summed E-state index contributed by atoms with van der Waals surface area (Å²) in [5.41, 5.74) is 0.517. The van der Waals surface area contributed by atoms with Crippen molar-refractivity contribution in [1.82, 2.24) is 19.5 Å². The largest absolute Gasteiger partial charge is 0.395 e. The lowest BCUT2D eigenvalue weighted by molar-refractivity contribution is 0.138. The smallest absolute Gasteiger partial charge is 0.278 e. The highest BCUT2D eigenvalue weighted by Gasteiger charge is 2.35. The van der Waals surface area contributed by atoms with Crippen molar-refractivity contribution in [3.8, 4) is 0 Å². The topological polar surface area (TPSA) is 104 Å². The van der Waals surface area contributed by atoms with E-state index in [0.29, 0.717) is 17.6 Å². The summed E-state index contributed by atoms with van der Waals surface area (Å²) in [7, 11) is 0. The van der Waals surface area contributed by atoms with E-state index >= 15 is 0 Å². The molecule has 0 unspecified atom stereocenters. The van der Waals surface area contributed by atoms with Gasteiger partial charge in [-0.15, -0.1) is 11.8 Å². The van der Waals surface area contributed by atoms with Gasteiger partial charge in [-0.1, -0.05) is 0 Å². The second-order valence-electron chi connectivity index (χ2n) is 4.17. The SMILES string of the molecule is O=c1[nH]cnc2c1ncn2[C@@H]1C[C@H](O)[C@@H](CO)S1. The van der Waals surface area contributed by atoms with Crippen molar-refractivity contribution in [2.45, 2.75) is 23.1 Å². The molecule has 2 aromatic rings. The van der Waals surface area contributed by atoms with Crippen molar-refractivity contribution in [3.63, 3.8) is 0 Å². The van der Waals surface area contributed by atoms with Gasteiger partial charge < -0.3 is 19.8 Å². The molecule has 3 atom stereocenters. The maximum atomic E-state index is 11.5. The Bertz CT molecular complexity index is 625. The summed E-state index contributed by atoms with van der Waals surface area (Å²) in [6, 6.07) is 0. The number of H-pyrrole nitrogens is 1. The molecule has 0 spiro atoms. The Balaban J connectivity index is 2.01. The quantitative estimate of drug-likeness (QED) is 0.677. The van der Waals surface area contributed by atoms with Gasteiger partial charge >= 0.3 is 0 Å². The number of aromatic amines is 1. The molecule has 1 aliphatic heterocycles. The first-order valence-electron chi connectivity index (χ1n) is 5.55. The molecule has 96 valence electrons. The number of thioether (sulfide) groups is 1. The predicted molar refractivity (Wildman–Crippen MR) is 66.3 cm³/mol. The molecule has 7 nitrogen and oxygen atoms in total. The zero-order valence-electron chi connectivity index (χ0n) is 9.35. The average molecular weight is 268 g/mol. The highest BCUT2D eigenvalue weighted by molar-refractivity contribution is 8.00. The van der Waals surface area contributed by atoms with E-state index in [4.69, 9.17) is 5.11 Å². The van der Waals surface area contributed by atoms with Crippen LogP contribution in [0.5, 0.6) is 0 Å². The van der Waals surface area contributed by atoms with Gasteiger partial charge in [-0.3, -0.25) is 4.79 Å². The molecule has 1 aliphatic rings. The molecule has 3 rings (SSSR count). The van der Waals surface area contributed by atoms with Gasteiger partial charge in [0.15, 0.2) is 11.2 Å². The Labute approximate surface area is 106 Å². The van der Waals surface area contributed by atoms with Crippen LogP contribution in [0.4, 0.5) is 0 Å². The summed E-state index contributed by atoms with van der Waals surface area (Å²) >= 11 is 1.47. The minimum absolute atomic E-state index is 0.0588. The third-order valence-corrected chi connectivity index (χ3v) is 4.61. The predicted octanol–water partition coefficient (Wildman–Crippen LogP) is -0.523. The number of rotatable bonds is 2. The molecule has 8 heteroatoms. The van der Waals surface area contributed by atoms with Gasteiger partial charge in [-0.2, -0.15) is 0 Å². The van der Waals surface area contributed by atoms with Gasteiger partial charge in [0, 0.05) is 6.42 Å². The second kappa shape index (κ2) is 4.38. The lowest BCUT2D eigenvalue weighted by Crippen LogP contribution is -2.20. The van der Waals surface area contributed by atoms with E-state index < -0.39 is 6.10 Å². The van der Waals surface area contributed by atoms with Crippen LogP contribution in [0.2, 0.25) is 0 Å². The van der Waals surface area contributed by atoms with E-state index in [9.17, 15) is 9.90 Å². The maximum Gasteiger partial charge on any atom is 0.278 e. The van der Waals surface area contributed by atoms with Crippen molar-refractivity contribution in [1.29, 1.82) is 0 Å². The molecule has 3 heterocycles. The van der Waals surface area contributed by atoms with Gasteiger partial charge in [-0.05, 0) is 0 Å². The zero-order chi connectivity index (χ0) is 12.7. The average Bonchev–Trinajstić information content (AvgIpc) is 2.93. The van der Waals surface area contributed by atoms with E-state index in [1.807, 2.05) is 0 Å². The third kappa shape index (κ3) is 1.73. The fourth-order valence-electron chi connectivity index (χ4n) is 2.12. The zero-order valence-corrected chi connectivity index (χ0v) is 10.2. The first-order chi connectivity index (χ1) is 8.70. The van der Waals surface area contributed by atoms with E-state index in [-0.39, 0.29) is 22.8 Å². The van der Waals surface area contributed by atoms with Crippen LogP contribution in [-0.2, 0) is 0 Å². The van der Waals surface area contributed by atoms with Crippen LogP contribution >= 0.6 is 11.8 Å². The highest BCUT2D eigenvalue weighted by atomic mass is 32.2. The maximum absolute atomic E-state index is 11.5. The lowest BCUT2D eigenvalue weighted by atomic mass is 10.2. The number of hydrogen-bond acceptors (Lipinski definition) is 6. The van der Waals surface area contributed by atoms with Crippen LogP contribution in [-0.4, -0.2) is 47.7 Å². The van der Waals surface area contributed by atoms with Crippen LogP contribution in [0.25, 0.3) is 11.2 Å². The molecule has 0 aromatic carbocycles. The van der Waals surface area contributed by atoms with E-state index in [1.54, 1.807) is 10.9 Å². The Morgan fingerprint density at radius 3 is 3.11 bits per heavy atom. The fraction of sp³-hybridized carbons (Fsp3) is 0.500. The van der Waals surface area contributed by atoms with Crippen LogP contribution in [0.15, 0.2) is 17.4 Å². The Kier molecular flexibility index (Phi) is 2.84. The van der Waals surface area contributed by atoms with E-state index in [0.717, 1.165) is 0 Å². The van der Waals surface area contributed by atoms with Gasteiger partial charge in [0.1, 0.15) is 0 Å². The number of aliphatic hydroxyl groups is 2. The summed E-state index contributed by atoms with van der Waals surface area (Å²) in [6.07, 6.45) is 2.85. The van der Waals surface area contributed by atoms with Gasteiger partial charge in [0.05, 0.1) is 36.0 Å². The van der Waals surface area contributed by atoms with Crippen molar-refractivity contribution in [3.05, 3.63) is 23.0 Å². The number of nitrogens with one attached hydrogen (secondary N) is 1. The van der Waals surface area contributed by atoms with Crippen LogP contribution in [0.3, 0.4) is 0 Å². The lowest BCUT2D eigenvalue weighted by Gasteiger charge is -2.11. The Morgan fingerprint density at radius 2 is 2.39 bits per heavy atom. The number of aliphatic hydroxyl groups excluding tert-OH is 2. The van der Waals surface area contributed by atoms with Crippen LogP contribution in [0.1, 0.15) is 11.8 Å². The summed E-state index contributed by atoms with van der Waals surface area (Å²) < 4.78 is 1.77. The first-order valence-corrected chi connectivity index (χ1v) is 6.49. The second-order valence-corrected chi connectivity index (χ2v) is 5.59. The van der Waals surface area contributed by atoms with Gasteiger partial charge in [-0.25, -0.2) is 9.97 Å². The number of imidazole rings is 1.